The molecular formula is C19H18ClF2N3O. The Morgan fingerprint density at radius 3 is 2.69 bits per heavy atom. The molecule has 0 saturated heterocycles. The van der Waals surface area contributed by atoms with Crippen LogP contribution in [0.1, 0.15) is 37.5 Å². The second-order valence-electron chi connectivity index (χ2n) is 6.70. The molecule has 0 aliphatic carbocycles. The lowest BCUT2D eigenvalue weighted by Gasteiger charge is -2.44. The summed E-state index contributed by atoms with van der Waals surface area (Å²) in [5, 5.41) is 12.6. The first-order valence-electron chi connectivity index (χ1n) is 8.16. The van der Waals surface area contributed by atoms with Crippen molar-refractivity contribution in [2.24, 2.45) is 0 Å². The normalized spacial score (nSPS) is 18.7. The number of alkyl halides is 2. The number of anilines is 2. The Labute approximate surface area is 155 Å². The Morgan fingerprint density at radius 1 is 1.35 bits per heavy atom. The van der Waals surface area contributed by atoms with E-state index in [9.17, 15) is 5.26 Å². The summed E-state index contributed by atoms with van der Waals surface area (Å²) in [4.78, 5) is 4.20. The molecule has 0 radical (unpaired) electrons. The first-order chi connectivity index (χ1) is 12.2. The van der Waals surface area contributed by atoms with Crippen molar-refractivity contribution in [3.8, 4) is 6.07 Å². The standard InChI is InChI=1S/C19H18ClF2N3O/c1-11(2)26-10-19(18(3,21)22)14-6-12(8-23)4-5-16(14)25-17-15(19)7-13(20)9-24-17/h4-7,9,11H,10H2,1-3H3,(H,24,25). The van der Waals surface area contributed by atoms with E-state index in [1.54, 1.807) is 26.0 Å². The number of hydrogen-bond acceptors (Lipinski definition) is 4. The third-order valence-electron chi connectivity index (χ3n) is 4.56. The van der Waals surface area contributed by atoms with Gasteiger partial charge in [-0.15, -0.1) is 0 Å². The van der Waals surface area contributed by atoms with Crippen molar-refractivity contribution in [1.29, 1.82) is 5.26 Å². The minimum Gasteiger partial charge on any atom is -0.377 e. The highest BCUT2D eigenvalue weighted by atomic mass is 35.5. The van der Waals surface area contributed by atoms with Gasteiger partial charge in [-0.05, 0) is 43.7 Å². The molecule has 0 fully saturated rings. The number of benzene rings is 1. The van der Waals surface area contributed by atoms with Crippen LogP contribution in [-0.2, 0) is 10.2 Å². The Morgan fingerprint density at radius 2 is 2.08 bits per heavy atom. The smallest absolute Gasteiger partial charge is 0.261 e. The molecule has 1 aromatic heterocycles. The summed E-state index contributed by atoms with van der Waals surface area (Å²) in [5.41, 5.74) is -0.512. The van der Waals surface area contributed by atoms with Crippen LogP contribution >= 0.6 is 11.6 Å². The summed E-state index contributed by atoms with van der Waals surface area (Å²) in [6.45, 7) is 4.15. The van der Waals surface area contributed by atoms with Crippen LogP contribution in [0.2, 0.25) is 5.02 Å². The van der Waals surface area contributed by atoms with Crippen LogP contribution in [0.25, 0.3) is 0 Å². The van der Waals surface area contributed by atoms with E-state index < -0.39 is 11.3 Å². The number of nitrogens with one attached hydrogen (secondary N) is 1. The van der Waals surface area contributed by atoms with E-state index >= 15 is 8.78 Å². The van der Waals surface area contributed by atoms with Gasteiger partial charge in [0.15, 0.2) is 0 Å². The quantitative estimate of drug-likeness (QED) is 0.811. The summed E-state index contributed by atoms with van der Waals surface area (Å²) in [6.07, 6.45) is 1.16. The average Bonchev–Trinajstić information content (AvgIpc) is 2.57. The SMILES string of the molecule is CC(C)OCC1(C(C)(F)F)c2cc(C#N)ccc2Nc2ncc(Cl)cc21. The molecule has 0 saturated carbocycles. The van der Waals surface area contributed by atoms with Crippen molar-refractivity contribution in [3.05, 3.63) is 52.2 Å². The van der Waals surface area contributed by atoms with E-state index in [-0.39, 0.29) is 23.3 Å². The molecule has 1 unspecified atom stereocenters. The van der Waals surface area contributed by atoms with Crippen LogP contribution in [0.15, 0.2) is 30.5 Å². The highest BCUT2D eigenvalue weighted by Gasteiger charge is 2.57. The highest BCUT2D eigenvalue weighted by Crippen LogP contribution is 2.53. The second kappa shape index (κ2) is 6.49. The minimum atomic E-state index is -3.20. The number of nitriles is 1. The molecule has 2 heterocycles. The van der Waals surface area contributed by atoms with Gasteiger partial charge >= 0.3 is 0 Å². The van der Waals surface area contributed by atoms with Crippen molar-refractivity contribution in [1.82, 2.24) is 4.98 Å². The maximum Gasteiger partial charge on any atom is 0.261 e. The van der Waals surface area contributed by atoms with Crippen LogP contribution in [0.3, 0.4) is 0 Å². The zero-order chi connectivity index (χ0) is 19.1. The van der Waals surface area contributed by atoms with Gasteiger partial charge in [-0.25, -0.2) is 13.8 Å². The number of rotatable bonds is 4. The van der Waals surface area contributed by atoms with Gasteiger partial charge < -0.3 is 10.1 Å². The fraction of sp³-hybridized carbons (Fsp3) is 0.368. The van der Waals surface area contributed by atoms with Crippen LogP contribution < -0.4 is 5.32 Å². The fourth-order valence-corrected chi connectivity index (χ4v) is 3.42. The number of fused-ring (bicyclic) bond motifs is 2. The van der Waals surface area contributed by atoms with Crippen molar-refractivity contribution in [2.45, 2.75) is 38.2 Å². The van der Waals surface area contributed by atoms with E-state index in [4.69, 9.17) is 16.3 Å². The van der Waals surface area contributed by atoms with Crippen LogP contribution in [-0.4, -0.2) is 23.6 Å². The molecule has 0 amide bonds. The highest BCUT2D eigenvalue weighted by molar-refractivity contribution is 6.30. The van der Waals surface area contributed by atoms with E-state index in [0.29, 0.717) is 22.6 Å². The van der Waals surface area contributed by atoms with E-state index in [1.807, 2.05) is 6.07 Å². The molecule has 1 aromatic carbocycles. The van der Waals surface area contributed by atoms with Gasteiger partial charge in [0.05, 0.1) is 29.4 Å². The topological polar surface area (TPSA) is 57.9 Å². The maximum absolute atomic E-state index is 15.2. The van der Waals surface area contributed by atoms with Gasteiger partial charge in [-0.3, -0.25) is 0 Å². The van der Waals surface area contributed by atoms with Crippen molar-refractivity contribution < 1.29 is 13.5 Å². The fourth-order valence-electron chi connectivity index (χ4n) is 3.26. The Kier molecular flexibility index (Phi) is 4.63. The van der Waals surface area contributed by atoms with Gasteiger partial charge in [0.2, 0.25) is 0 Å². The Hall–Kier alpha value is -2.23. The molecule has 4 nitrogen and oxygen atoms in total. The maximum atomic E-state index is 15.2. The zero-order valence-corrected chi connectivity index (χ0v) is 15.4. The van der Waals surface area contributed by atoms with Gasteiger partial charge in [0.25, 0.3) is 5.92 Å². The molecule has 1 atom stereocenters. The molecule has 26 heavy (non-hydrogen) atoms. The molecule has 2 aromatic rings. The molecule has 7 heteroatoms. The molecular weight excluding hydrogens is 360 g/mol. The number of aromatic nitrogens is 1. The molecule has 3 rings (SSSR count). The molecule has 0 spiro atoms. The van der Waals surface area contributed by atoms with Gasteiger partial charge in [-0.1, -0.05) is 11.6 Å². The Balaban J connectivity index is 2.36. The van der Waals surface area contributed by atoms with E-state index in [0.717, 1.165) is 6.92 Å². The zero-order valence-electron chi connectivity index (χ0n) is 14.6. The van der Waals surface area contributed by atoms with E-state index in [2.05, 4.69) is 10.3 Å². The molecule has 1 aliphatic rings. The van der Waals surface area contributed by atoms with Gasteiger partial charge in [0, 0.05) is 24.4 Å². The number of hydrogen-bond donors (Lipinski definition) is 1. The number of ether oxygens (including phenoxy) is 1. The molecule has 1 aliphatic heterocycles. The van der Waals surface area contributed by atoms with Crippen LogP contribution in [0, 0.1) is 11.3 Å². The molecule has 136 valence electrons. The minimum absolute atomic E-state index is 0.248. The molecule has 0 bridgehead atoms. The predicted octanol–water partition coefficient (Wildman–Crippen LogP) is 5.03. The van der Waals surface area contributed by atoms with Crippen LogP contribution in [0.4, 0.5) is 20.3 Å². The average molecular weight is 378 g/mol. The summed E-state index contributed by atoms with van der Waals surface area (Å²) in [5.74, 6) is -2.89. The first-order valence-corrected chi connectivity index (χ1v) is 8.54. The summed E-state index contributed by atoms with van der Waals surface area (Å²) in [6, 6.07) is 8.17. The third-order valence-corrected chi connectivity index (χ3v) is 4.76. The number of pyridine rings is 1. The monoisotopic (exact) mass is 377 g/mol. The third kappa shape index (κ3) is 2.91. The van der Waals surface area contributed by atoms with Crippen molar-refractivity contribution in [2.75, 3.05) is 11.9 Å². The summed E-state index contributed by atoms with van der Waals surface area (Å²) in [7, 11) is 0. The summed E-state index contributed by atoms with van der Waals surface area (Å²) >= 11 is 6.07. The lowest BCUT2D eigenvalue weighted by Crippen LogP contribution is -2.51. The van der Waals surface area contributed by atoms with Gasteiger partial charge in [-0.2, -0.15) is 5.26 Å². The van der Waals surface area contributed by atoms with E-state index in [1.165, 1.54) is 18.3 Å². The predicted molar refractivity (Wildman–Crippen MR) is 96.2 cm³/mol. The lowest BCUT2D eigenvalue weighted by atomic mass is 9.68. The lowest BCUT2D eigenvalue weighted by molar-refractivity contribution is -0.0868. The Bertz CT molecular complexity index is 889. The number of nitrogens with zero attached hydrogens (tertiary/aromatic N) is 2. The van der Waals surface area contributed by atoms with Gasteiger partial charge in [0.1, 0.15) is 11.2 Å². The largest absolute Gasteiger partial charge is 0.377 e. The van der Waals surface area contributed by atoms with Crippen molar-refractivity contribution in [3.63, 3.8) is 0 Å². The molecule has 1 N–H and O–H groups in total. The number of halogens is 3. The first kappa shape index (κ1) is 18.6. The second-order valence-corrected chi connectivity index (χ2v) is 7.14. The van der Waals surface area contributed by atoms with Crippen molar-refractivity contribution >= 4 is 23.1 Å². The van der Waals surface area contributed by atoms with Crippen LogP contribution in [0.5, 0.6) is 0 Å². The summed E-state index contributed by atoms with van der Waals surface area (Å²) < 4.78 is 36.0.